The molecule has 0 aliphatic carbocycles. The summed E-state index contributed by atoms with van der Waals surface area (Å²) in [5.41, 5.74) is 0.976. The van der Waals surface area contributed by atoms with Gasteiger partial charge in [0.1, 0.15) is 0 Å². The summed E-state index contributed by atoms with van der Waals surface area (Å²) in [4.78, 5) is 22.2. The van der Waals surface area contributed by atoms with Crippen molar-refractivity contribution in [1.82, 2.24) is 0 Å². The van der Waals surface area contributed by atoms with Crippen LogP contribution in [0.15, 0.2) is 48.8 Å². The van der Waals surface area contributed by atoms with Crippen LogP contribution in [0, 0.1) is 17.0 Å². The number of nitrogens with zero attached hydrogens (tertiary/aromatic N) is 2. The lowest BCUT2D eigenvalue weighted by Crippen LogP contribution is -3.00. The third-order valence-corrected chi connectivity index (χ3v) is 2.79. The number of nitrogens with one attached hydrogen (secondary N) is 1. The maximum Gasteiger partial charge on any atom is 0.290 e. The number of nitro benzene ring substituents is 1. The third kappa shape index (κ3) is 4.54. The third-order valence-electron chi connectivity index (χ3n) is 2.79. The van der Waals surface area contributed by atoms with Gasteiger partial charge in [0.25, 0.3) is 11.6 Å². The van der Waals surface area contributed by atoms with E-state index in [9.17, 15) is 14.9 Å². The van der Waals surface area contributed by atoms with Crippen molar-refractivity contribution in [2.24, 2.45) is 0 Å². The first-order chi connectivity index (χ1) is 9.56. The summed E-state index contributed by atoms with van der Waals surface area (Å²) in [5, 5.41) is 13.5. The van der Waals surface area contributed by atoms with Gasteiger partial charge < -0.3 is 17.7 Å². The number of carbonyl (C=O) groups excluding carboxylic acids is 1. The number of hydrogen-bond acceptors (Lipinski definition) is 3. The van der Waals surface area contributed by atoms with Crippen LogP contribution in [-0.2, 0) is 11.3 Å². The van der Waals surface area contributed by atoms with Gasteiger partial charge in [-0.1, -0.05) is 12.1 Å². The van der Waals surface area contributed by atoms with E-state index in [1.165, 1.54) is 6.07 Å². The first-order valence-electron chi connectivity index (χ1n) is 6.05. The molecule has 110 valence electrons. The van der Waals surface area contributed by atoms with Crippen molar-refractivity contribution < 1.29 is 26.7 Å². The molecule has 1 aromatic carbocycles. The maximum atomic E-state index is 11.8. The lowest BCUT2D eigenvalue weighted by molar-refractivity contribution is -0.684. The van der Waals surface area contributed by atoms with Crippen LogP contribution in [-0.4, -0.2) is 10.8 Å². The molecule has 0 radical (unpaired) electrons. The van der Waals surface area contributed by atoms with Crippen LogP contribution >= 0.6 is 0 Å². The second-order valence-corrected chi connectivity index (χ2v) is 4.35. The molecule has 1 heterocycles. The number of carbonyl (C=O) groups is 1. The number of anilines is 1. The van der Waals surface area contributed by atoms with E-state index in [1.807, 2.05) is 18.2 Å². The fraction of sp³-hybridized carbons (Fsp3) is 0.143. The SMILES string of the molecule is Cc1ccc(NC(=O)C[n+]2ccccc2)cc1[N+](=O)[O-].[Cl-]. The topological polar surface area (TPSA) is 76.1 Å². The van der Waals surface area contributed by atoms with Crippen molar-refractivity contribution in [1.29, 1.82) is 0 Å². The van der Waals surface area contributed by atoms with E-state index in [0.717, 1.165) is 0 Å². The normalized spacial score (nSPS) is 9.57. The highest BCUT2D eigenvalue weighted by molar-refractivity contribution is 5.90. The van der Waals surface area contributed by atoms with Gasteiger partial charge in [-0.25, -0.2) is 0 Å². The predicted octanol–water partition coefficient (Wildman–Crippen LogP) is -1.17. The Kier molecular flexibility index (Phi) is 5.80. The minimum Gasteiger partial charge on any atom is -1.00 e. The fourth-order valence-corrected chi connectivity index (χ4v) is 1.79. The number of halogens is 1. The molecule has 0 unspecified atom stereocenters. The smallest absolute Gasteiger partial charge is 0.290 e. The minimum atomic E-state index is -0.461. The van der Waals surface area contributed by atoms with Crippen molar-refractivity contribution in [2.45, 2.75) is 13.5 Å². The van der Waals surface area contributed by atoms with Gasteiger partial charge in [-0.05, 0) is 13.0 Å². The van der Waals surface area contributed by atoms with E-state index in [1.54, 1.807) is 36.0 Å². The number of benzene rings is 1. The van der Waals surface area contributed by atoms with E-state index < -0.39 is 4.92 Å². The second-order valence-electron chi connectivity index (χ2n) is 4.35. The van der Waals surface area contributed by atoms with Crippen LogP contribution in [0.4, 0.5) is 11.4 Å². The Balaban J connectivity index is 0.00000220. The molecule has 1 aromatic heterocycles. The van der Waals surface area contributed by atoms with Crippen molar-refractivity contribution in [3.05, 3.63) is 64.5 Å². The van der Waals surface area contributed by atoms with Gasteiger partial charge in [0.2, 0.25) is 6.54 Å². The number of rotatable bonds is 4. The predicted molar refractivity (Wildman–Crippen MR) is 73.1 cm³/mol. The van der Waals surface area contributed by atoms with Crippen LogP contribution < -0.4 is 22.3 Å². The van der Waals surface area contributed by atoms with Gasteiger partial charge in [-0.2, -0.15) is 4.57 Å². The standard InChI is InChI=1S/C14H13N3O3.ClH/c1-11-5-6-12(9-13(11)17(19)20)15-14(18)10-16-7-3-2-4-8-16;/h2-9H,10H2,1H3;1H. The monoisotopic (exact) mass is 307 g/mol. The van der Waals surface area contributed by atoms with Crippen molar-refractivity contribution in [3.8, 4) is 0 Å². The number of aromatic nitrogens is 1. The summed E-state index contributed by atoms with van der Waals surface area (Å²) >= 11 is 0. The molecule has 2 rings (SSSR count). The van der Waals surface area contributed by atoms with Crippen molar-refractivity contribution >= 4 is 17.3 Å². The molecule has 7 heteroatoms. The lowest BCUT2D eigenvalue weighted by atomic mass is 10.2. The summed E-state index contributed by atoms with van der Waals surface area (Å²) in [6.07, 6.45) is 3.55. The zero-order chi connectivity index (χ0) is 14.5. The van der Waals surface area contributed by atoms with Gasteiger partial charge in [-0.15, -0.1) is 0 Å². The number of aryl methyl sites for hydroxylation is 1. The van der Waals surface area contributed by atoms with Crippen LogP contribution in [0.2, 0.25) is 0 Å². The molecule has 0 aliphatic rings. The number of pyridine rings is 1. The summed E-state index contributed by atoms with van der Waals surface area (Å²) in [5.74, 6) is -0.237. The average Bonchev–Trinajstić information content (AvgIpc) is 2.41. The highest BCUT2D eigenvalue weighted by Gasteiger charge is 2.14. The second kappa shape index (κ2) is 7.35. The largest absolute Gasteiger partial charge is 1.00 e. The maximum absolute atomic E-state index is 11.8. The van der Waals surface area contributed by atoms with Crippen molar-refractivity contribution in [3.63, 3.8) is 0 Å². The average molecular weight is 308 g/mol. The zero-order valence-electron chi connectivity index (χ0n) is 11.3. The van der Waals surface area contributed by atoms with E-state index >= 15 is 0 Å². The molecule has 0 bridgehead atoms. The molecule has 1 amide bonds. The first-order valence-corrected chi connectivity index (χ1v) is 6.05. The van der Waals surface area contributed by atoms with E-state index in [-0.39, 0.29) is 30.5 Å². The molecule has 1 N–H and O–H groups in total. The summed E-state index contributed by atoms with van der Waals surface area (Å²) < 4.78 is 1.72. The molecule has 2 aromatic rings. The van der Waals surface area contributed by atoms with Gasteiger partial charge >= 0.3 is 0 Å². The van der Waals surface area contributed by atoms with Gasteiger partial charge in [0.05, 0.1) is 4.92 Å². The van der Waals surface area contributed by atoms with Gasteiger partial charge in [0.15, 0.2) is 12.4 Å². The highest BCUT2D eigenvalue weighted by atomic mass is 35.5. The van der Waals surface area contributed by atoms with Crippen LogP contribution in [0.5, 0.6) is 0 Å². The summed E-state index contributed by atoms with van der Waals surface area (Å²) in [7, 11) is 0. The molecule has 21 heavy (non-hydrogen) atoms. The van der Waals surface area contributed by atoms with Crippen molar-refractivity contribution in [2.75, 3.05) is 5.32 Å². The highest BCUT2D eigenvalue weighted by Crippen LogP contribution is 2.22. The van der Waals surface area contributed by atoms with Gasteiger partial charge in [-0.3, -0.25) is 14.9 Å². The van der Waals surface area contributed by atoms with E-state index in [0.29, 0.717) is 11.3 Å². The van der Waals surface area contributed by atoms with Crippen LogP contribution in [0.25, 0.3) is 0 Å². The Morgan fingerprint density at radius 3 is 2.57 bits per heavy atom. The molecule has 0 saturated carbocycles. The Labute approximate surface area is 128 Å². The molecule has 0 aliphatic heterocycles. The molecule has 0 atom stereocenters. The zero-order valence-corrected chi connectivity index (χ0v) is 12.1. The number of nitro groups is 1. The Morgan fingerprint density at radius 1 is 1.29 bits per heavy atom. The number of hydrogen-bond donors (Lipinski definition) is 1. The molecule has 0 fully saturated rings. The Bertz CT molecular complexity index is 647. The molecular weight excluding hydrogens is 294 g/mol. The molecule has 0 spiro atoms. The molecule has 0 saturated heterocycles. The summed E-state index contributed by atoms with van der Waals surface area (Å²) in [6.45, 7) is 1.81. The van der Waals surface area contributed by atoms with E-state index in [2.05, 4.69) is 5.32 Å². The van der Waals surface area contributed by atoms with E-state index in [4.69, 9.17) is 0 Å². The minimum absolute atomic E-state index is 0. The fourth-order valence-electron chi connectivity index (χ4n) is 1.79. The quantitative estimate of drug-likeness (QED) is 0.439. The molecular formula is C14H14ClN3O3. The van der Waals surface area contributed by atoms with Crippen LogP contribution in [0.1, 0.15) is 5.56 Å². The van der Waals surface area contributed by atoms with Gasteiger partial charge in [0, 0.05) is 29.4 Å². The Morgan fingerprint density at radius 2 is 1.95 bits per heavy atom. The Hall–Kier alpha value is -2.47. The molecule has 6 nitrogen and oxygen atoms in total. The van der Waals surface area contributed by atoms with Crippen LogP contribution in [0.3, 0.4) is 0 Å². The summed E-state index contributed by atoms with van der Waals surface area (Å²) in [6, 6.07) is 10.1. The first kappa shape index (κ1) is 16.6. The number of amides is 1. The lowest BCUT2D eigenvalue weighted by Gasteiger charge is -2.04.